The average molecular weight is 444 g/mol. The Balaban J connectivity index is 0.00000288. The van der Waals surface area contributed by atoms with E-state index in [1.165, 1.54) is 44.5 Å². The third-order valence-electron chi connectivity index (χ3n) is 4.59. The van der Waals surface area contributed by atoms with Crippen LogP contribution in [0.15, 0.2) is 35.3 Å². The molecule has 1 aromatic carbocycles. The maximum Gasteiger partial charge on any atom is 0.190 e. The molecule has 1 aromatic rings. The third-order valence-corrected chi connectivity index (χ3v) is 4.59. The van der Waals surface area contributed by atoms with Crippen LogP contribution in [0.5, 0.6) is 0 Å². The van der Waals surface area contributed by atoms with Crippen molar-refractivity contribution in [1.82, 2.24) is 15.5 Å². The molecule has 136 valence electrons. The Morgan fingerprint density at radius 3 is 2.46 bits per heavy atom. The Morgan fingerprint density at radius 2 is 1.79 bits per heavy atom. The molecule has 2 rings (SSSR count). The zero-order valence-electron chi connectivity index (χ0n) is 15.1. The van der Waals surface area contributed by atoms with Gasteiger partial charge in [-0.1, -0.05) is 37.3 Å². The van der Waals surface area contributed by atoms with Crippen LogP contribution in [-0.4, -0.2) is 50.6 Å². The highest BCUT2D eigenvalue weighted by molar-refractivity contribution is 14.0. The lowest BCUT2D eigenvalue weighted by atomic mass is 9.99. The van der Waals surface area contributed by atoms with Crippen LogP contribution >= 0.6 is 24.0 Å². The molecule has 1 heterocycles. The largest absolute Gasteiger partial charge is 0.356 e. The highest BCUT2D eigenvalue weighted by Gasteiger charge is 2.14. The molecule has 24 heavy (non-hydrogen) atoms. The number of halogens is 1. The second-order valence-electron chi connectivity index (χ2n) is 6.54. The smallest absolute Gasteiger partial charge is 0.190 e. The summed E-state index contributed by atoms with van der Waals surface area (Å²) >= 11 is 0. The van der Waals surface area contributed by atoms with E-state index in [0.717, 1.165) is 31.4 Å². The molecular formula is C19H33IN4. The molecule has 0 unspecified atom stereocenters. The van der Waals surface area contributed by atoms with Gasteiger partial charge < -0.3 is 15.5 Å². The lowest BCUT2D eigenvalue weighted by Crippen LogP contribution is -2.40. The molecule has 0 aromatic heterocycles. The van der Waals surface area contributed by atoms with Crippen LogP contribution in [0.2, 0.25) is 0 Å². The Labute approximate surface area is 164 Å². The fourth-order valence-electron chi connectivity index (χ4n) is 2.99. The van der Waals surface area contributed by atoms with Gasteiger partial charge in [-0.25, -0.2) is 0 Å². The number of guanidine groups is 1. The van der Waals surface area contributed by atoms with Crippen LogP contribution < -0.4 is 10.6 Å². The topological polar surface area (TPSA) is 39.7 Å². The van der Waals surface area contributed by atoms with Crippen molar-refractivity contribution in [2.75, 3.05) is 39.8 Å². The summed E-state index contributed by atoms with van der Waals surface area (Å²) in [7, 11) is 1.84. The predicted molar refractivity (Wildman–Crippen MR) is 114 cm³/mol. The maximum atomic E-state index is 4.29. The Morgan fingerprint density at radius 1 is 1.12 bits per heavy atom. The molecule has 1 aliphatic heterocycles. The summed E-state index contributed by atoms with van der Waals surface area (Å²) in [6.45, 7) is 7.99. The van der Waals surface area contributed by atoms with E-state index in [2.05, 4.69) is 57.8 Å². The molecule has 0 bridgehead atoms. The number of rotatable bonds is 7. The van der Waals surface area contributed by atoms with E-state index in [-0.39, 0.29) is 24.0 Å². The van der Waals surface area contributed by atoms with E-state index < -0.39 is 0 Å². The van der Waals surface area contributed by atoms with Crippen LogP contribution in [0.25, 0.3) is 0 Å². The van der Waals surface area contributed by atoms with E-state index in [0.29, 0.717) is 0 Å². The molecule has 0 radical (unpaired) electrons. The van der Waals surface area contributed by atoms with Crippen molar-refractivity contribution < 1.29 is 0 Å². The van der Waals surface area contributed by atoms with Gasteiger partial charge in [0, 0.05) is 20.1 Å². The van der Waals surface area contributed by atoms with Crippen molar-refractivity contribution in [3.63, 3.8) is 0 Å². The standard InChI is InChI=1S/C19H32N4.HI/c1-17-10-15-23(16-11-17)14-6-12-21-19(20-2)22-13-9-18-7-4-3-5-8-18;/h3-5,7-8,17H,6,9-16H2,1-2H3,(H2,20,21,22);1H. The number of likely N-dealkylation sites (tertiary alicyclic amines) is 1. The fraction of sp³-hybridized carbons (Fsp3) is 0.632. The molecule has 0 atom stereocenters. The van der Waals surface area contributed by atoms with Gasteiger partial charge in [-0.2, -0.15) is 0 Å². The quantitative estimate of drug-likeness (QED) is 0.294. The lowest BCUT2D eigenvalue weighted by Gasteiger charge is -2.30. The van der Waals surface area contributed by atoms with Crippen molar-refractivity contribution >= 4 is 29.9 Å². The zero-order valence-corrected chi connectivity index (χ0v) is 17.5. The van der Waals surface area contributed by atoms with Gasteiger partial charge in [-0.05, 0) is 56.8 Å². The molecule has 5 heteroatoms. The van der Waals surface area contributed by atoms with Gasteiger partial charge in [-0.15, -0.1) is 24.0 Å². The van der Waals surface area contributed by atoms with Gasteiger partial charge in [0.25, 0.3) is 0 Å². The minimum Gasteiger partial charge on any atom is -0.356 e. The van der Waals surface area contributed by atoms with Gasteiger partial charge in [0.15, 0.2) is 5.96 Å². The normalized spacial score (nSPS) is 16.5. The van der Waals surface area contributed by atoms with Crippen LogP contribution in [0.4, 0.5) is 0 Å². The number of benzene rings is 1. The predicted octanol–water partition coefficient (Wildman–Crippen LogP) is 3.13. The molecule has 0 saturated carbocycles. The summed E-state index contributed by atoms with van der Waals surface area (Å²) in [5.41, 5.74) is 1.36. The molecular weight excluding hydrogens is 411 g/mol. The minimum atomic E-state index is 0. The maximum absolute atomic E-state index is 4.29. The first-order valence-corrected chi connectivity index (χ1v) is 8.98. The van der Waals surface area contributed by atoms with Crippen LogP contribution in [0, 0.1) is 5.92 Å². The molecule has 1 saturated heterocycles. The Kier molecular flexibility index (Phi) is 11.1. The molecule has 1 aliphatic rings. The van der Waals surface area contributed by atoms with Gasteiger partial charge in [0.1, 0.15) is 0 Å². The van der Waals surface area contributed by atoms with Crippen LogP contribution in [0.3, 0.4) is 0 Å². The Bertz CT molecular complexity index is 456. The number of nitrogens with one attached hydrogen (secondary N) is 2. The minimum absolute atomic E-state index is 0. The number of aliphatic imine (C=N–C) groups is 1. The number of nitrogens with zero attached hydrogens (tertiary/aromatic N) is 2. The van der Waals surface area contributed by atoms with Crippen molar-refractivity contribution in [2.24, 2.45) is 10.9 Å². The highest BCUT2D eigenvalue weighted by atomic mass is 127. The average Bonchev–Trinajstić information content (AvgIpc) is 2.59. The fourth-order valence-corrected chi connectivity index (χ4v) is 2.99. The molecule has 1 fully saturated rings. The summed E-state index contributed by atoms with van der Waals surface area (Å²) in [4.78, 5) is 6.88. The van der Waals surface area contributed by atoms with Crippen molar-refractivity contribution in [1.29, 1.82) is 0 Å². The molecule has 0 spiro atoms. The number of hydrogen-bond donors (Lipinski definition) is 2. The van der Waals surface area contributed by atoms with Gasteiger partial charge in [0.05, 0.1) is 0 Å². The van der Waals surface area contributed by atoms with E-state index in [1.807, 2.05) is 7.05 Å². The summed E-state index contributed by atoms with van der Waals surface area (Å²) in [6, 6.07) is 10.6. The molecule has 2 N–H and O–H groups in total. The van der Waals surface area contributed by atoms with Gasteiger partial charge in [-0.3, -0.25) is 4.99 Å². The third kappa shape index (κ3) is 8.33. The van der Waals surface area contributed by atoms with E-state index in [4.69, 9.17) is 0 Å². The van der Waals surface area contributed by atoms with Crippen molar-refractivity contribution in [3.8, 4) is 0 Å². The second kappa shape index (κ2) is 12.5. The summed E-state index contributed by atoms with van der Waals surface area (Å²) in [6.07, 6.45) is 4.91. The lowest BCUT2D eigenvalue weighted by molar-refractivity contribution is 0.191. The van der Waals surface area contributed by atoms with Crippen molar-refractivity contribution in [2.45, 2.75) is 32.6 Å². The van der Waals surface area contributed by atoms with Crippen molar-refractivity contribution in [3.05, 3.63) is 35.9 Å². The number of hydrogen-bond acceptors (Lipinski definition) is 2. The molecule has 4 nitrogen and oxygen atoms in total. The zero-order chi connectivity index (χ0) is 16.3. The SMILES string of the molecule is CN=C(NCCCN1CCC(C)CC1)NCCc1ccccc1.I. The number of piperidine rings is 1. The molecule has 0 aliphatic carbocycles. The van der Waals surface area contributed by atoms with Gasteiger partial charge >= 0.3 is 0 Å². The first kappa shape index (κ1) is 21.2. The van der Waals surface area contributed by atoms with Gasteiger partial charge in [0.2, 0.25) is 0 Å². The summed E-state index contributed by atoms with van der Waals surface area (Å²) < 4.78 is 0. The first-order chi connectivity index (χ1) is 11.3. The van der Waals surface area contributed by atoms with Crippen LogP contribution in [0.1, 0.15) is 31.7 Å². The Hall–Kier alpha value is -0.820. The monoisotopic (exact) mass is 444 g/mol. The highest BCUT2D eigenvalue weighted by Crippen LogP contribution is 2.15. The summed E-state index contributed by atoms with van der Waals surface area (Å²) in [5, 5.41) is 6.80. The summed E-state index contributed by atoms with van der Waals surface area (Å²) in [5.74, 6) is 1.82. The van der Waals surface area contributed by atoms with E-state index in [9.17, 15) is 0 Å². The van der Waals surface area contributed by atoms with E-state index >= 15 is 0 Å². The van der Waals surface area contributed by atoms with E-state index in [1.54, 1.807) is 0 Å². The second-order valence-corrected chi connectivity index (χ2v) is 6.54. The van der Waals surface area contributed by atoms with Crippen LogP contribution in [-0.2, 0) is 6.42 Å². The first-order valence-electron chi connectivity index (χ1n) is 8.98. The molecule has 0 amide bonds.